The highest BCUT2D eigenvalue weighted by atomic mass is 16.4. The number of rotatable bonds is 8. The number of hydrogen-bond donors (Lipinski definition) is 2. The zero-order chi connectivity index (χ0) is 29.4. The largest absolute Gasteiger partial charge is 0.481 e. The van der Waals surface area contributed by atoms with Gasteiger partial charge in [0.25, 0.3) is 23.6 Å². The highest BCUT2D eigenvalue weighted by molar-refractivity contribution is 6.41. The molecule has 0 saturated carbocycles. The fourth-order valence-corrected chi connectivity index (χ4v) is 6.55. The molecule has 5 aromatic rings. The first-order valence-corrected chi connectivity index (χ1v) is 13.5. The Kier molecular flexibility index (Phi) is 5.52. The summed E-state index contributed by atoms with van der Waals surface area (Å²) in [4.78, 5) is 78.0. The van der Waals surface area contributed by atoms with Crippen LogP contribution >= 0.6 is 0 Å². The first-order valence-electron chi connectivity index (χ1n) is 13.5. The highest BCUT2D eigenvalue weighted by Crippen LogP contribution is 2.46. The van der Waals surface area contributed by atoms with Gasteiger partial charge in [-0.05, 0) is 69.4 Å². The molecule has 0 aliphatic carbocycles. The molecule has 208 valence electrons. The molecule has 0 unspecified atom stereocenters. The molecular formula is C32H22N2O8. The number of fused-ring (bicyclic) bond motifs is 2. The van der Waals surface area contributed by atoms with Crippen molar-refractivity contribution in [2.75, 3.05) is 13.1 Å². The second kappa shape index (κ2) is 9.07. The van der Waals surface area contributed by atoms with Gasteiger partial charge in [-0.25, -0.2) is 0 Å². The number of imide groups is 2. The Hall–Kier alpha value is -5.38. The third kappa shape index (κ3) is 3.44. The molecule has 10 heteroatoms. The predicted molar refractivity (Wildman–Crippen MR) is 152 cm³/mol. The Balaban J connectivity index is 1.42. The fourth-order valence-electron chi connectivity index (χ4n) is 6.55. The van der Waals surface area contributed by atoms with E-state index in [4.69, 9.17) is 10.2 Å². The molecule has 0 spiro atoms. The van der Waals surface area contributed by atoms with Crippen molar-refractivity contribution in [2.45, 2.75) is 25.7 Å². The van der Waals surface area contributed by atoms with E-state index in [1.807, 2.05) is 24.3 Å². The van der Waals surface area contributed by atoms with Crippen LogP contribution in [0.5, 0.6) is 0 Å². The quantitative estimate of drug-likeness (QED) is 0.158. The van der Waals surface area contributed by atoms with Gasteiger partial charge >= 0.3 is 11.9 Å². The smallest absolute Gasteiger partial charge is 0.303 e. The topological polar surface area (TPSA) is 149 Å². The summed E-state index contributed by atoms with van der Waals surface area (Å²) >= 11 is 0. The molecule has 2 aliphatic rings. The molecule has 0 radical (unpaired) electrons. The van der Waals surface area contributed by atoms with Crippen molar-refractivity contribution in [3.05, 3.63) is 70.8 Å². The van der Waals surface area contributed by atoms with E-state index in [1.54, 1.807) is 24.3 Å². The number of aliphatic carboxylic acids is 2. The van der Waals surface area contributed by atoms with Gasteiger partial charge in [0.05, 0.1) is 0 Å². The van der Waals surface area contributed by atoms with Gasteiger partial charge < -0.3 is 10.2 Å². The number of nitrogens with zero attached hydrogens (tertiary/aromatic N) is 2. The molecule has 42 heavy (non-hydrogen) atoms. The van der Waals surface area contributed by atoms with Gasteiger partial charge in [0.1, 0.15) is 0 Å². The normalized spacial score (nSPS) is 14.8. The lowest BCUT2D eigenvalue weighted by Gasteiger charge is -2.30. The molecular weight excluding hydrogens is 540 g/mol. The van der Waals surface area contributed by atoms with E-state index in [0.29, 0.717) is 33.0 Å². The van der Waals surface area contributed by atoms with E-state index in [-0.39, 0.29) is 38.8 Å². The van der Waals surface area contributed by atoms with Crippen LogP contribution in [0.3, 0.4) is 0 Å². The van der Waals surface area contributed by atoms with Gasteiger partial charge in [-0.3, -0.25) is 38.6 Å². The molecule has 2 heterocycles. The maximum atomic E-state index is 13.5. The van der Waals surface area contributed by atoms with Gasteiger partial charge in [0, 0.05) is 59.0 Å². The van der Waals surface area contributed by atoms with Crippen LogP contribution in [0.4, 0.5) is 0 Å². The molecule has 4 amide bonds. The molecule has 2 aliphatic heterocycles. The second-order valence-electron chi connectivity index (χ2n) is 10.7. The van der Waals surface area contributed by atoms with Gasteiger partial charge in [0.2, 0.25) is 0 Å². The summed E-state index contributed by atoms with van der Waals surface area (Å²) in [6.45, 7) is -0.00500. The van der Waals surface area contributed by atoms with Crippen molar-refractivity contribution >= 4 is 78.7 Å². The molecule has 7 rings (SSSR count). The Labute approximate surface area is 237 Å². The molecule has 0 atom stereocenters. The third-order valence-electron chi connectivity index (χ3n) is 8.35. The average Bonchev–Trinajstić information content (AvgIpc) is 2.97. The van der Waals surface area contributed by atoms with Crippen molar-refractivity contribution in [1.82, 2.24) is 9.80 Å². The zero-order valence-electron chi connectivity index (χ0n) is 22.1. The van der Waals surface area contributed by atoms with E-state index in [1.165, 1.54) is 0 Å². The summed E-state index contributed by atoms with van der Waals surface area (Å²) in [5, 5.41) is 23.6. The summed E-state index contributed by atoms with van der Waals surface area (Å²) in [5.74, 6) is -3.90. The van der Waals surface area contributed by atoms with E-state index in [9.17, 15) is 28.8 Å². The maximum Gasteiger partial charge on any atom is 0.303 e. The van der Waals surface area contributed by atoms with Crippen molar-refractivity contribution in [1.29, 1.82) is 0 Å². The molecule has 0 aromatic heterocycles. The van der Waals surface area contributed by atoms with E-state index < -0.39 is 35.6 Å². The van der Waals surface area contributed by atoms with Crippen LogP contribution in [0, 0.1) is 0 Å². The first kappa shape index (κ1) is 25.6. The summed E-state index contributed by atoms with van der Waals surface area (Å²) < 4.78 is 0. The van der Waals surface area contributed by atoms with E-state index in [0.717, 1.165) is 42.1 Å². The average molecular weight is 563 g/mol. The summed E-state index contributed by atoms with van der Waals surface area (Å²) in [6, 6.07) is 13.9. The Morgan fingerprint density at radius 2 is 0.762 bits per heavy atom. The fraction of sp³-hybridized carbons (Fsp3) is 0.188. The molecule has 2 N–H and O–H groups in total. The first-order chi connectivity index (χ1) is 20.2. The standard InChI is InChI=1S/C32H22N2O8/c35-23(36)3-1-13-33-29(39)19-9-5-15-17-7-11-21-28-22(32(42)34(31(21)41)14-2-4-24(37)38)12-8-18(26(17)28)16-6-10-20(30(33)40)27(19)25(15)16/h5-12H,1-4,13-14H2,(H,35,36)(H,37,38). The number of carbonyl (C=O) groups excluding carboxylic acids is 4. The predicted octanol–water partition coefficient (Wildman–Crippen LogP) is 4.66. The highest BCUT2D eigenvalue weighted by Gasteiger charge is 2.36. The minimum absolute atomic E-state index is 0.00250. The van der Waals surface area contributed by atoms with Crippen molar-refractivity contribution < 1.29 is 39.0 Å². The molecule has 10 nitrogen and oxygen atoms in total. The minimum atomic E-state index is -1.00. The van der Waals surface area contributed by atoms with Crippen molar-refractivity contribution in [3.63, 3.8) is 0 Å². The number of hydrogen-bond acceptors (Lipinski definition) is 6. The van der Waals surface area contributed by atoms with Gasteiger partial charge in [-0.1, -0.05) is 24.3 Å². The zero-order valence-corrected chi connectivity index (χ0v) is 22.1. The van der Waals surface area contributed by atoms with Crippen molar-refractivity contribution in [2.24, 2.45) is 0 Å². The second-order valence-corrected chi connectivity index (χ2v) is 10.7. The summed E-state index contributed by atoms with van der Waals surface area (Å²) in [5.41, 5.74) is 1.43. The van der Waals surface area contributed by atoms with Crippen LogP contribution in [-0.2, 0) is 9.59 Å². The molecule has 5 aromatic carbocycles. The Morgan fingerprint density at radius 3 is 1.02 bits per heavy atom. The van der Waals surface area contributed by atoms with E-state index >= 15 is 0 Å². The lowest BCUT2D eigenvalue weighted by Crippen LogP contribution is -2.41. The van der Waals surface area contributed by atoms with Crippen LogP contribution in [0.2, 0.25) is 0 Å². The SMILES string of the molecule is O=C(O)CCCN1C(=O)c2ccc3c4ccc5c6c(ccc(c7ccc(c2c37)C1=O)c64)C(=O)N(CCCC(=O)O)C5=O. The summed E-state index contributed by atoms with van der Waals surface area (Å²) in [6.07, 6.45) is -0.0218. The monoisotopic (exact) mass is 562 g/mol. The number of carbonyl (C=O) groups is 6. The summed E-state index contributed by atoms with van der Waals surface area (Å²) in [7, 11) is 0. The lowest BCUT2D eigenvalue weighted by atomic mass is 9.82. The van der Waals surface area contributed by atoms with Crippen LogP contribution in [0.1, 0.15) is 67.1 Å². The number of carboxylic acids is 2. The van der Waals surface area contributed by atoms with Crippen LogP contribution < -0.4 is 0 Å². The third-order valence-corrected chi connectivity index (χ3v) is 8.35. The van der Waals surface area contributed by atoms with Gasteiger partial charge in [0.15, 0.2) is 0 Å². The van der Waals surface area contributed by atoms with Crippen LogP contribution in [0.15, 0.2) is 48.5 Å². The molecule has 0 saturated heterocycles. The molecule has 0 bridgehead atoms. The Morgan fingerprint density at radius 1 is 0.476 bits per heavy atom. The van der Waals surface area contributed by atoms with E-state index in [2.05, 4.69) is 0 Å². The van der Waals surface area contributed by atoms with Crippen LogP contribution in [-0.4, -0.2) is 68.7 Å². The lowest BCUT2D eigenvalue weighted by molar-refractivity contribution is -0.138. The van der Waals surface area contributed by atoms with Gasteiger partial charge in [-0.15, -0.1) is 0 Å². The number of carboxylic acid groups (broad SMARTS) is 2. The van der Waals surface area contributed by atoms with Crippen LogP contribution in [0.25, 0.3) is 43.1 Å². The van der Waals surface area contributed by atoms with Gasteiger partial charge in [-0.2, -0.15) is 0 Å². The molecule has 0 fully saturated rings. The minimum Gasteiger partial charge on any atom is -0.481 e. The number of amides is 4. The Bertz CT molecular complexity index is 1830. The number of benzene rings is 5. The van der Waals surface area contributed by atoms with Crippen molar-refractivity contribution in [3.8, 4) is 0 Å². The maximum absolute atomic E-state index is 13.5.